The van der Waals surface area contributed by atoms with Crippen LogP contribution in [0, 0.1) is 6.92 Å². The Bertz CT molecular complexity index is 387. The highest BCUT2D eigenvalue weighted by Gasteiger charge is 2.02. The summed E-state index contributed by atoms with van der Waals surface area (Å²) < 4.78 is 0.812. The molecule has 0 fully saturated rings. The van der Waals surface area contributed by atoms with Crippen molar-refractivity contribution in [1.82, 2.24) is 0 Å². The molecule has 0 aliphatic rings. The molecule has 0 saturated heterocycles. The Balaban J connectivity index is 2.23. The molecule has 1 N–H and O–H groups in total. The lowest BCUT2D eigenvalue weighted by Crippen LogP contribution is -1.97. The van der Waals surface area contributed by atoms with Crippen LogP contribution in [0.4, 0.5) is 0 Å². The fourth-order valence-electron chi connectivity index (χ4n) is 1.09. The molecular weight excluding hydrogens is 272 g/mol. The van der Waals surface area contributed by atoms with Gasteiger partial charge in [0, 0.05) is 11.5 Å². The van der Waals surface area contributed by atoms with Gasteiger partial charge < -0.3 is 5.11 Å². The molecule has 0 spiro atoms. The third kappa shape index (κ3) is 6.71. The van der Waals surface area contributed by atoms with Crippen LogP contribution in [-0.4, -0.2) is 20.4 Å². The third-order valence-electron chi connectivity index (χ3n) is 2.01. The zero-order valence-electron chi connectivity index (χ0n) is 9.51. The van der Waals surface area contributed by atoms with E-state index in [-0.39, 0.29) is 6.42 Å². The number of carboxylic acid groups (broad SMARTS) is 1. The van der Waals surface area contributed by atoms with Crippen LogP contribution in [0.15, 0.2) is 24.3 Å². The van der Waals surface area contributed by atoms with Gasteiger partial charge in [-0.2, -0.15) is 0 Å². The van der Waals surface area contributed by atoms with Gasteiger partial charge in [0.25, 0.3) is 0 Å². The van der Waals surface area contributed by atoms with Crippen LogP contribution >= 0.6 is 35.7 Å². The van der Waals surface area contributed by atoms with Gasteiger partial charge >= 0.3 is 5.97 Å². The molecule has 0 saturated carbocycles. The van der Waals surface area contributed by atoms with Gasteiger partial charge in [-0.3, -0.25) is 4.79 Å². The summed E-state index contributed by atoms with van der Waals surface area (Å²) in [5.74, 6) is 0.623. The van der Waals surface area contributed by atoms with E-state index < -0.39 is 5.97 Å². The number of aliphatic carboxylic acids is 1. The topological polar surface area (TPSA) is 37.3 Å². The van der Waals surface area contributed by atoms with Crippen molar-refractivity contribution in [2.75, 3.05) is 5.75 Å². The van der Waals surface area contributed by atoms with E-state index in [4.69, 9.17) is 17.3 Å². The maximum atomic E-state index is 10.3. The standard InChI is InChI=1S/C12H14O2S3/c1-9-2-4-10(5-3-9)8-17-12(15)16-7-6-11(13)14/h2-5H,6-8H2,1H3,(H,13,14). The smallest absolute Gasteiger partial charge is 0.304 e. The zero-order chi connectivity index (χ0) is 12.7. The molecule has 0 aliphatic heterocycles. The number of aryl methyl sites for hydroxylation is 1. The number of hydrogen-bond donors (Lipinski definition) is 1. The van der Waals surface area contributed by atoms with Crippen molar-refractivity contribution in [3.8, 4) is 0 Å². The molecule has 2 nitrogen and oxygen atoms in total. The van der Waals surface area contributed by atoms with Crippen LogP contribution < -0.4 is 0 Å². The van der Waals surface area contributed by atoms with Crippen molar-refractivity contribution >= 4 is 45.2 Å². The van der Waals surface area contributed by atoms with E-state index in [0.29, 0.717) is 5.75 Å². The predicted molar refractivity (Wildman–Crippen MR) is 79.8 cm³/mol. The molecule has 17 heavy (non-hydrogen) atoms. The molecule has 5 heteroatoms. The normalized spacial score (nSPS) is 10.2. The van der Waals surface area contributed by atoms with E-state index in [0.717, 1.165) is 9.28 Å². The van der Waals surface area contributed by atoms with Crippen molar-refractivity contribution < 1.29 is 9.90 Å². The molecule has 0 aliphatic carbocycles. The van der Waals surface area contributed by atoms with Crippen molar-refractivity contribution in [2.24, 2.45) is 0 Å². The first-order valence-electron chi connectivity index (χ1n) is 5.15. The molecule has 1 aromatic carbocycles. The van der Waals surface area contributed by atoms with E-state index in [1.165, 1.54) is 22.9 Å². The molecule has 0 radical (unpaired) electrons. The minimum atomic E-state index is -0.774. The summed E-state index contributed by atoms with van der Waals surface area (Å²) in [7, 11) is 0. The van der Waals surface area contributed by atoms with Crippen LogP contribution in [0.25, 0.3) is 0 Å². The summed E-state index contributed by atoms with van der Waals surface area (Å²) in [5, 5.41) is 8.50. The summed E-state index contributed by atoms with van der Waals surface area (Å²) in [5.41, 5.74) is 2.49. The number of carbonyl (C=O) groups is 1. The van der Waals surface area contributed by atoms with E-state index in [1.54, 1.807) is 11.8 Å². The van der Waals surface area contributed by atoms with E-state index >= 15 is 0 Å². The molecule has 0 amide bonds. The largest absolute Gasteiger partial charge is 0.481 e. The van der Waals surface area contributed by atoms with E-state index in [2.05, 4.69) is 31.2 Å². The van der Waals surface area contributed by atoms with Crippen LogP contribution in [0.2, 0.25) is 0 Å². The van der Waals surface area contributed by atoms with E-state index in [1.807, 2.05) is 0 Å². The first kappa shape index (κ1) is 14.5. The van der Waals surface area contributed by atoms with Crippen molar-refractivity contribution in [2.45, 2.75) is 19.1 Å². The summed E-state index contributed by atoms with van der Waals surface area (Å²) in [6, 6.07) is 8.34. The van der Waals surface area contributed by atoms with Gasteiger partial charge in [-0.1, -0.05) is 42.0 Å². The van der Waals surface area contributed by atoms with Crippen LogP contribution in [0.3, 0.4) is 0 Å². The average Bonchev–Trinajstić information content (AvgIpc) is 2.28. The van der Waals surface area contributed by atoms with Gasteiger partial charge in [-0.15, -0.1) is 23.5 Å². The monoisotopic (exact) mass is 286 g/mol. The lowest BCUT2D eigenvalue weighted by atomic mass is 10.2. The van der Waals surface area contributed by atoms with Crippen LogP contribution in [0.1, 0.15) is 17.5 Å². The molecule has 1 rings (SSSR count). The maximum Gasteiger partial charge on any atom is 0.304 e. The van der Waals surface area contributed by atoms with Crippen molar-refractivity contribution in [1.29, 1.82) is 0 Å². The summed E-state index contributed by atoms with van der Waals surface area (Å²) in [6.45, 7) is 2.06. The predicted octanol–water partition coefficient (Wildman–Crippen LogP) is 3.72. The highest BCUT2D eigenvalue weighted by molar-refractivity contribution is 8.46. The first-order valence-corrected chi connectivity index (χ1v) is 7.53. The zero-order valence-corrected chi connectivity index (χ0v) is 12.0. The molecule has 0 aromatic heterocycles. The minimum Gasteiger partial charge on any atom is -0.481 e. The first-order chi connectivity index (χ1) is 8.08. The Kier molecular flexibility index (Phi) is 6.62. The van der Waals surface area contributed by atoms with Crippen LogP contribution in [0.5, 0.6) is 0 Å². The van der Waals surface area contributed by atoms with Gasteiger partial charge in [0.15, 0.2) is 0 Å². The fourth-order valence-corrected chi connectivity index (χ4v) is 3.20. The molecule has 0 atom stereocenters. The Hall–Kier alpha value is -0.520. The number of rotatable bonds is 5. The van der Waals surface area contributed by atoms with Crippen molar-refractivity contribution in [3.63, 3.8) is 0 Å². The van der Waals surface area contributed by atoms with Gasteiger partial charge in [0.05, 0.1) is 6.42 Å². The lowest BCUT2D eigenvalue weighted by Gasteiger charge is -2.03. The number of hydrogen-bond acceptors (Lipinski definition) is 4. The SMILES string of the molecule is Cc1ccc(CSC(=S)SCCC(=O)O)cc1. The van der Waals surface area contributed by atoms with Gasteiger partial charge in [0.2, 0.25) is 0 Å². The summed E-state index contributed by atoms with van der Waals surface area (Å²) >= 11 is 8.19. The maximum absolute atomic E-state index is 10.3. The fraction of sp³-hybridized carbons (Fsp3) is 0.333. The Labute approximate surface area is 115 Å². The summed E-state index contributed by atoms with van der Waals surface area (Å²) in [6.07, 6.45) is 0.163. The second kappa shape index (κ2) is 7.74. The van der Waals surface area contributed by atoms with E-state index in [9.17, 15) is 4.79 Å². The molecule has 1 aromatic rings. The van der Waals surface area contributed by atoms with Gasteiger partial charge in [-0.05, 0) is 12.5 Å². The van der Waals surface area contributed by atoms with Crippen LogP contribution in [-0.2, 0) is 10.5 Å². The molecule has 92 valence electrons. The third-order valence-corrected chi connectivity index (χ3v) is 4.78. The molecule has 0 unspecified atom stereocenters. The number of benzene rings is 1. The second-order valence-corrected chi connectivity index (χ2v) is 6.79. The highest BCUT2D eigenvalue weighted by Crippen LogP contribution is 2.22. The lowest BCUT2D eigenvalue weighted by molar-refractivity contribution is -0.136. The van der Waals surface area contributed by atoms with Gasteiger partial charge in [-0.25, -0.2) is 0 Å². The number of thiocarbonyl (C=S) groups is 1. The molecule has 0 heterocycles. The quantitative estimate of drug-likeness (QED) is 0.835. The number of carboxylic acids is 1. The minimum absolute atomic E-state index is 0.163. The molecular formula is C12H14O2S3. The number of thioether (sulfide) groups is 2. The Morgan fingerprint density at radius 3 is 2.53 bits per heavy atom. The highest BCUT2D eigenvalue weighted by atomic mass is 32.2. The molecule has 0 bridgehead atoms. The second-order valence-electron chi connectivity index (χ2n) is 3.52. The summed E-state index contributed by atoms with van der Waals surface area (Å²) in [4.78, 5) is 10.3. The van der Waals surface area contributed by atoms with Gasteiger partial charge in [0.1, 0.15) is 3.53 Å². The average molecular weight is 286 g/mol. The van der Waals surface area contributed by atoms with Crippen molar-refractivity contribution in [3.05, 3.63) is 35.4 Å². The Morgan fingerprint density at radius 1 is 1.29 bits per heavy atom. The Morgan fingerprint density at radius 2 is 1.94 bits per heavy atom.